The summed E-state index contributed by atoms with van der Waals surface area (Å²) >= 11 is 3.38. The SMILES string of the molecule is N#CCc1ccc(NCc2ccc(C(=O)O)cc2Br)cc1. The van der Waals surface area contributed by atoms with Gasteiger partial charge in [0.25, 0.3) is 0 Å². The number of benzene rings is 2. The molecule has 2 rings (SSSR count). The third-order valence-electron chi connectivity index (χ3n) is 3.02. The fourth-order valence-electron chi connectivity index (χ4n) is 1.85. The van der Waals surface area contributed by atoms with E-state index in [-0.39, 0.29) is 5.56 Å². The molecule has 4 nitrogen and oxygen atoms in total. The molecule has 0 aromatic heterocycles. The zero-order valence-corrected chi connectivity index (χ0v) is 12.7. The first-order chi connectivity index (χ1) is 10.1. The first kappa shape index (κ1) is 15.1. The third kappa shape index (κ3) is 4.07. The molecule has 0 fully saturated rings. The van der Waals surface area contributed by atoms with Crippen LogP contribution in [0.15, 0.2) is 46.9 Å². The van der Waals surface area contributed by atoms with Crippen LogP contribution in [0.1, 0.15) is 21.5 Å². The van der Waals surface area contributed by atoms with Gasteiger partial charge in [-0.2, -0.15) is 5.26 Å². The summed E-state index contributed by atoms with van der Waals surface area (Å²) in [7, 11) is 0. The maximum atomic E-state index is 10.9. The molecule has 0 radical (unpaired) electrons. The van der Waals surface area contributed by atoms with Gasteiger partial charge in [-0.15, -0.1) is 0 Å². The van der Waals surface area contributed by atoms with Gasteiger partial charge in [0.2, 0.25) is 0 Å². The van der Waals surface area contributed by atoms with Crippen LogP contribution in [-0.2, 0) is 13.0 Å². The van der Waals surface area contributed by atoms with Gasteiger partial charge in [0.15, 0.2) is 0 Å². The molecular formula is C16H13BrN2O2. The van der Waals surface area contributed by atoms with Gasteiger partial charge in [0.1, 0.15) is 0 Å². The molecule has 0 atom stereocenters. The molecular weight excluding hydrogens is 332 g/mol. The molecule has 0 unspecified atom stereocenters. The normalized spacial score (nSPS) is 9.90. The Morgan fingerprint density at radius 2 is 1.95 bits per heavy atom. The Morgan fingerprint density at radius 1 is 1.24 bits per heavy atom. The molecule has 0 aliphatic heterocycles. The summed E-state index contributed by atoms with van der Waals surface area (Å²) in [6, 6.07) is 14.7. The maximum absolute atomic E-state index is 10.9. The van der Waals surface area contributed by atoms with Crippen LogP contribution in [0.5, 0.6) is 0 Å². The molecule has 0 spiro atoms. The Morgan fingerprint density at radius 3 is 2.52 bits per heavy atom. The number of carbonyl (C=O) groups is 1. The first-order valence-corrected chi connectivity index (χ1v) is 7.11. The average Bonchev–Trinajstić information content (AvgIpc) is 2.47. The van der Waals surface area contributed by atoms with Gasteiger partial charge in [-0.05, 0) is 35.4 Å². The minimum Gasteiger partial charge on any atom is -0.478 e. The Kier molecular flexibility index (Phi) is 4.96. The average molecular weight is 345 g/mol. The van der Waals surface area contributed by atoms with E-state index in [0.29, 0.717) is 13.0 Å². The molecule has 2 N–H and O–H groups in total. The number of halogens is 1. The van der Waals surface area contributed by atoms with Crippen LogP contribution in [0.25, 0.3) is 0 Å². The lowest BCUT2D eigenvalue weighted by atomic mass is 10.1. The van der Waals surface area contributed by atoms with Crippen molar-refractivity contribution < 1.29 is 9.90 Å². The number of nitrogens with one attached hydrogen (secondary N) is 1. The summed E-state index contributed by atoms with van der Waals surface area (Å²) in [6.07, 6.45) is 0.405. The lowest BCUT2D eigenvalue weighted by Gasteiger charge is -2.09. The van der Waals surface area contributed by atoms with Gasteiger partial charge in [0, 0.05) is 16.7 Å². The van der Waals surface area contributed by atoms with Gasteiger partial charge in [-0.3, -0.25) is 0 Å². The molecule has 5 heteroatoms. The lowest BCUT2D eigenvalue weighted by Crippen LogP contribution is -2.02. The Hall–Kier alpha value is -2.32. The van der Waals surface area contributed by atoms with E-state index in [1.54, 1.807) is 18.2 Å². The minimum atomic E-state index is -0.941. The topological polar surface area (TPSA) is 73.1 Å². The summed E-state index contributed by atoms with van der Waals surface area (Å²) < 4.78 is 0.760. The summed E-state index contributed by atoms with van der Waals surface area (Å²) in [5.74, 6) is -0.941. The minimum absolute atomic E-state index is 0.256. The molecule has 0 aliphatic carbocycles. The van der Waals surface area contributed by atoms with Gasteiger partial charge in [0.05, 0.1) is 18.1 Å². The zero-order chi connectivity index (χ0) is 15.2. The van der Waals surface area contributed by atoms with Gasteiger partial charge in [-0.1, -0.05) is 34.1 Å². The highest BCUT2D eigenvalue weighted by Crippen LogP contribution is 2.20. The number of nitrogens with zero attached hydrogens (tertiary/aromatic N) is 1. The fraction of sp³-hybridized carbons (Fsp3) is 0.125. The summed E-state index contributed by atoms with van der Waals surface area (Å²) in [6.45, 7) is 0.581. The lowest BCUT2D eigenvalue weighted by molar-refractivity contribution is 0.0697. The number of carboxylic acid groups (broad SMARTS) is 1. The van der Waals surface area contributed by atoms with E-state index in [1.807, 2.05) is 24.3 Å². The maximum Gasteiger partial charge on any atom is 0.335 e. The highest BCUT2D eigenvalue weighted by atomic mass is 79.9. The van der Waals surface area contributed by atoms with Crippen molar-refractivity contribution in [3.63, 3.8) is 0 Å². The van der Waals surface area contributed by atoms with Crippen molar-refractivity contribution in [1.29, 1.82) is 5.26 Å². The Balaban J connectivity index is 2.03. The molecule has 0 bridgehead atoms. The predicted octanol–water partition coefficient (Wildman–Crippen LogP) is 3.83. The first-order valence-electron chi connectivity index (χ1n) is 6.31. The van der Waals surface area contributed by atoms with Gasteiger partial charge in [-0.25, -0.2) is 4.79 Å². The Labute approximate surface area is 131 Å². The highest BCUT2D eigenvalue weighted by molar-refractivity contribution is 9.10. The van der Waals surface area contributed by atoms with Crippen LogP contribution in [0.3, 0.4) is 0 Å². The number of hydrogen-bond acceptors (Lipinski definition) is 3. The summed E-state index contributed by atoms with van der Waals surface area (Å²) in [5, 5.41) is 20.8. The van der Waals surface area contributed by atoms with E-state index in [4.69, 9.17) is 10.4 Å². The molecule has 0 heterocycles. The second kappa shape index (κ2) is 6.91. The quantitative estimate of drug-likeness (QED) is 0.864. The van der Waals surface area contributed by atoms with Crippen LogP contribution in [0, 0.1) is 11.3 Å². The van der Waals surface area contributed by atoms with Crippen molar-refractivity contribution in [3.05, 3.63) is 63.6 Å². The van der Waals surface area contributed by atoms with Crippen LogP contribution in [0.2, 0.25) is 0 Å². The van der Waals surface area contributed by atoms with Crippen LogP contribution in [0.4, 0.5) is 5.69 Å². The molecule has 21 heavy (non-hydrogen) atoms. The molecule has 106 valence electrons. The van der Waals surface area contributed by atoms with Crippen molar-refractivity contribution >= 4 is 27.6 Å². The Bertz CT molecular complexity index is 690. The molecule has 0 saturated heterocycles. The zero-order valence-electron chi connectivity index (χ0n) is 11.1. The number of rotatable bonds is 5. The predicted molar refractivity (Wildman–Crippen MR) is 84.2 cm³/mol. The third-order valence-corrected chi connectivity index (χ3v) is 3.76. The molecule has 0 saturated carbocycles. The second-order valence-corrected chi connectivity index (χ2v) is 5.35. The van der Waals surface area contributed by atoms with E-state index in [0.717, 1.165) is 21.3 Å². The fourth-order valence-corrected chi connectivity index (χ4v) is 2.37. The number of carboxylic acids is 1. The van der Waals surface area contributed by atoms with E-state index < -0.39 is 5.97 Å². The highest BCUT2D eigenvalue weighted by Gasteiger charge is 2.06. The van der Waals surface area contributed by atoms with E-state index >= 15 is 0 Å². The largest absolute Gasteiger partial charge is 0.478 e. The number of aromatic carboxylic acids is 1. The number of hydrogen-bond donors (Lipinski definition) is 2. The van der Waals surface area contributed by atoms with E-state index in [2.05, 4.69) is 27.3 Å². The summed E-state index contributed by atoms with van der Waals surface area (Å²) in [4.78, 5) is 10.9. The van der Waals surface area contributed by atoms with Crippen LogP contribution in [-0.4, -0.2) is 11.1 Å². The standard InChI is InChI=1S/C16H13BrN2O2/c17-15-9-12(16(20)21)3-4-13(15)10-19-14-5-1-11(2-6-14)7-8-18/h1-6,9,19H,7,10H2,(H,20,21). The van der Waals surface area contributed by atoms with E-state index in [1.165, 1.54) is 0 Å². The van der Waals surface area contributed by atoms with Crippen molar-refractivity contribution in [2.24, 2.45) is 0 Å². The van der Waals surface area contributed by atoms with Crippen molar-refractivity contribution in [3.8, 4) is 6.07 Å². The number of nitriles is 1. The molecule has 0 amide bonds. The molecule has 0 aliphatic rings. The smallest absolute Gasteiger partial charge is 0.335 e. The second-order valence-electron chi connectivity index (χ2n) is 4.50. The van der Waals surface area contributed by atoms with Crippen molar-refractivity contribution in [2.75, 3.05) is 5.32 Å². The van der Waals surface area contributed by atoms with Crippen molar-refractivity contribution in [1.82, 2.24) is 0 Å². The molecule has 2 aromatic carbocycles. The number of anilines is 1. The van der Waals surface area contributed by atoms with Crippen LogP contribution < -0.4 is 5.32 Å². The molecule has 2 aromatic rings. The van der Waals surface area contributed by atoms with Crippen molar-refractivity contribution in [2.45, 2.75) is 13.0 Å². The summed E-state index contributed by atoms with van der Waals surface area (Å²) in [5.41, 5.74) is 3.16. The van der Waals surface area contributed by atoms with E-state index in [9.17, 15) is 4.79 Å². The van der Waals surface area contributed by atoms with Gasteiger partial charge >= 0.3 is 5.97 Å². The van der Waals surface area contributed by atoms with Crippen LogP contribution >= 0.6 is 15.9 Å². The van der Waals surface area contributed by atoms with Gasteiger partial charge < -0.3 is 10.4 Å². The monoisotopic (exact) mass is 344 g/mol.